The van der Waals surface area contributed by atoms with E-state index in [4.69, 9.17) is 0 Å². The lowest BCUT2D eigenvalue weighted by atomic mass is 10.9. The van der Waals surface area contributed by atoms with Crippen molar-refractivity contribution in [2.75, 3.05) is 5.75 Å². The van der Waals surface area contributed by atoms with Gasteiger partial charge in [-0.1, -0.05) is 0 Å². The van der Waals surface area contributed by atoms with Gasteiger partial charge in [0, 0.05) is 5.75 Å². The normalized spacial score (nSPS) is 43.7. The van der Waals surface area contributed by atoms with Crippen molar-refractivity contribution < 1.29 is 0 Å². The van der Waals surface area contributed by atoms with E-state index in [1.807, 2.05) is 23.5 Å². The molecule has 2 unspecified atom stereocenters. The molecular formula is C4H8S5. The average Bonchev–Trinajstić information content (AvgIpc) is 2.13. The van der Waals surface area contributed by atoms with E-state index in [1.54, 1.807) is 0 Å². The minimum absolute atomic E-state index is 0.385. The number of thiol groups is 3. The van der Waals surface area contributed by atoms with Crippen molar-refractivity contribution >= 4 is 61.4 Å². The molecule has 0 spiro atoms. The third kappa shape index (κ3) is 2.36. The minimum atomic E-state index is 0.385. The Morgan fingerprint density at radius 2 is 1.56 bits per heavy atom. The summed E-state index contributed by atoms with van der Waals surface area (Å²) in [5.74, 6) is 0.920. The summed E-state index contributed by atoms with van der Waals surface area (Å²) < 4.78 is 1.37. The molecule has 1 saturated heterocycles. The van der Waals surface area contributed by atoms with Gasteiger partial charge < -0.3 is 0 Å². The van der Waals surface area contributed by atoms with E-state index >= 15 is 0 Å². The van der Waals surface area contributed by atoms with Gasteiger partial charge >= 0.3 is 0 Å². The van der Waals surface area contributed by atoms with E-state index < -0.39 is 0 Å². The lowest BCUT2D eigenvalue weighted by molar-refractivity contribution is 1.41. The molecule has 0 aromatic heterocycles. The Bertz CT molecular complexity index is 85.0. The second-order valence-corrected chi connectivity index (χ2v) is 6.84. The Hall–Kier alpha value is 1.75. The lowest BCUT2D eigenvalue weighted by Gasteiger charge is -2.01. The zero-order valence-electron chi connectivity index (χ0n) is 4.60. The van der Waals surface area contributed by atoms with Gasteiger partial charge in [-0.15, -0.1) is 23.5 Å². The Morgan fingerprint density at radius 3 is 1.78 bits per heavy atom. The van der Waals surface area contributed by atoms with Crippen LogP contribution in [0.1, 0.15) is 0 Å². The highest BCUT2D eigenvalue weighted by molar-refractivity contribution is 8.29. The number of rotatable bonds is 1. The Labute approximate surface area is 80.5 Å². The summed E-state index contributed by atoms with van der Waals surface area (Å²) in [5, 5.41) is 0. The van der Waals surface area contributed by atoms with Crippen LogP contribution in [0, 0.1) is 0 Å². The van der Waals surface area contributed by atoms with Gasteiger partial charge in [-0.2, -0.15) is 37.9 Å². The van der Waals surface area contributed by atoms with Gasteiger partial charge in [0.1, 0.15) is 0 Å². The number of hydrogen-bond donors (Lipinski definition) is 3. The third-order valence-corrected chi connectivity index (χ3v) is 6.68. The SMILES string of the molecule is SCC1SC(S)C(S)S1. The highest BCUT2D eigenvalue weighted by Crippen LogP contribution is 2.46. The first-order chi connectivity index (χ1) is 4.24. The Kier molecular flexibility index (Phi) is 3.88. The van der Waals surface area contributed by atoms with Crippen molar-refractivity contribution in [1.82, 2.24) is 0 Å². The van der Waals surface area contributed by atoms with E-state index in [-0.39, 0.29) is 0 Å². The van der Waals surface area contributed by atoms with Crippen LogP contribution in [0.25, 0.3) is 0 Å². The van der Waals surface area contributed by atoms with Crippen molar-refractivity contribution in [1.29, 1.82) is 0 Å². The maximum absolute atomic E-state index is 4.33. The van der Waals surface area contributed by atoms with Crippen molar-refractivity contribution in [3.8, 4) is 0 Å². The molecule has 0 radical (unpaired) electrons. The Balaban J connectivity index is 2.35. The highest BCUT2D eigenvalue weighted by Gasteiger charge is 2.29. The third-order valence-electron chi connectivity index (χ3n) is 0.975. The van der Waals surface area contributed by atoms with Crippen LogP contribution in [0.4, 0.5) is 0 Å². The molecule has 54 valence electrons. The Morgan fingerprint density at radius 1 is 1.11 bits per heavy atom. The molecule has 1 rings (SSSR count). The maximum Gasteiger partial charge on any atom is 0.0691 e. The van der Waals surface area contributed by atoms with Gasteiger partial charge in [0.05, 0.1) is 13.7 Å². The molecule has 5 heteroatoms. The van der Waals surface area contributed by atoms with E-state index in [0.29, 0.717) is 13.7 Å². The summed E-state index contributed by atoms with van der Waals surface area (Å²) in [6.07, 6.45) is 0. The summed E-state index contributed by atoms with van der Waals surface area (Å²) in [4.78, 5) is 0. The molecule has 1 aliphatic heterocycles. The summed E-state index contributed by atoms with van der Waals surface area (Å²) in [6, 6.07) is 0. The quantitative estimate of drug-likeness (QED) is 0.575. The molecule has 0 bridgehead atoms. The van der Waals surface area contributed by atoms with Crippen molar-refractivity contribution in [3.05, 3.63) is 0 Å². The fourth-order valence-electron chi connectivity index (χ4n) is 0.564. The molecular weight excluding hydrogens is 208 g/mol. The first-order valence-electron chi connectivity index (χ1n) is 2.52. The predicted octanol–water partition coefficient (Wildman–Crippen LogP) is 2.23. The molecule has 9 heavy (non-hydrogen) atoms. The van der Waals surface area contributed by atoms with Gasteiger partial charge in [0.2, 0.25) is 0 Å². The van der Waals surface area contributed by atoms with Gasteiger partial charge in [-0.05, 0) is 0 Å². The molecule has 1 fully saturated rings. The molecule has 1 aliphatic rings. The van der Waals surface area contributed by atoms with Gasteiger partial charge in [-0.25, -0.2) is 0 Å². The van der Waals surface area contributed by atoms with E-state index in [1.165, 1.54) is 0 Å². The molecule has 0 amide bonds. The molecule has 0 aromatic carbocycles. The van der Waals surface area contributed by atoms with Crippen molar-refractivity contribution in [2.45, 2.75) is 13.7 Å². The first-order valence-corrected chi connectivity index (χ1v) is 6.07. The lowest BCUT2D eigenvalue weighted by Crippen LogP contribution is -1.97. The van der Waals surface area contributed by atoms with Crippen LogP contribution in [0.2, 0.25) is 0 Å². The molecule has 0 aromatic rings. The van der Waals surface area contributed by atoms with Gasteiger partial charge in [-0.3, -0.25) is 0 Å². The first kappa shape index (κ1) is 8.84. The largest absolute Gasteiger partial charge is 0.177 e. The highest BCUT2D eigenvalue weighted by atomic mass is 32.2. The fourth-order valence-corrected chi connectivity index (χ4v) is 5.30. The predicted molar refractivity (Wildman–Crippen MR) is 58.4 cm³/mol. The van der Waals surface area contributed by atoms with Crippen LogP contribution in [0.15, 0.2) is 0 Å². The smallest absolute Gasteiger partial charge is 0.0691 e. The van der Waals surface area contributed by atoms with E-state index in [9.17, 15) is 0 Å². The van der Waals surface area contributed by atoms with Crippen LogP contribution in [-0.2, 0) is 0 Å². The molecule has 0 N–H and O–H groups in total. The average molecular weight is 216 g/mol. The summed E-state index contributed by atoms with van der Waals surface area (Å²) >= 11 is 16.5. The zero-order valence-corrected chi connectivity index (χ0v) is 8.91. The topological polar surface area (TPSA) is 0 Å². The van der Waals surface area contributed by atoms with Crippen LogP contribution < -0.4 is 0 Å². The van der Waals surface area contributed by atoms with Crippen LogP contribution >= 0.6 is 61.4 Å². The maximum atomic E-state index is 4.33. The van der Waals surface area contributed by atoms with Crippen LogP contribution in [0.3, 0.4) is 0 Å². The van der Waals surface area contributed by atoms with Gasteiger partial charge in [0.25, 0.3) is 0 Å². The standard InChI is InChI=1S/C4H8S5/c5-1-2-8-3(6)4(7)9-2/h2-7H,1H2. The summed E-state index contributed by atoms with van der Waals surface area (Å²) in [7, 11) is 0. The number of hydrogen-bond acceptors (Lipinski definition) is 5. The summed E-state index contributed by atoms with van der Waals surface area (Å²) in [6.45, 7) is 0. The molecule has 1 heterocycles. The van der Waals surface area contributed by atoms with E-state index in [2.05, 4.69) is 37.9 Å². The van der Waals surface area contributed by atoms with Crippen LogP contribution in [0.5, 0.6) is 0 Å². The zero-order chi connectivity index (χ0) is 6.85. The molecule has 0 aliphatic carbocycles. The second-order valence-electron chi connectivity index (χ2n) is 1.67. The minimum Gasteiger partial charge on any atom is -0.177 e. The van der Waals surface area contributed by atoms with Crippen molar-refractivity contribution in [2.24, 2.45) is 0 Å². The van der Waals surface area contributed by atoms with Crippen molar-refractivity contribution in [3.63, 3.8) is 0 Å². The second kappa shape index (κ2) is 3.95. The number of thioether (sulfide) groups is 2. The molecule has 0 saturated carbocycles. The fraction of sp³-hybridized carbons (Fsp3) is 1.00. The molecule has 0 nitrogen and oxygen atoms in total. The van der Waals surface area contributed by atoms with E-state index in [0.717, 1.165) is 5.75 Å². The monoisotopic (exact) mass is 216 g/mol. The summed E-state index contributed by atoms with van der Waals surface area (Å²) in [5.41, 5.74) is 0. The van der Waals surface area contributed by atoms with Crippen LogP contribution in [-0.4, -0.2) is 19.5 Å². The van der Waals surface area contributed by atoms with Gasteiger partial charge in [0.15, 0.2) is 0 Å². The molecule has 2 atom stereocenters.